The van der Waals surface area contributed by atoms with Crippen LogP contribution in [0, 0.1) is 11.3 Å². The van der Waals surface area contributed by atoms with Crippen LogP contribution in [0.5, 0.6) is 0 Å². The Hall–Kier alpha value is -1.84. The van der Waals surface area contributed by atoms with Crippen LogP contribution in [0.25, 0.3) is 0 Å². The Kier molecular flexibility index (Phi) is 5.62. The smallest absolute Gasteiger partial charge is 0.309 e. The molecular weight excluding hydrogens is 350 g/mol. The lowest BCUT2D eigenvalue weighted by Gasteiger charge is -2.53. The highest BCUT2D eigenvalue weighted by Gasteiger charge is 2.55. The van der Waals surface area contributed by atoms with E-state index in [-0.39, 0.29) is 11.3 Å². The maximum Gasteiger partial charge on any atom is 0.309 e. The predicted molar refractivity (Wildman–Crippen MR) is 113 cm³/mol. The molecule has 0 aliphatic heterocycles. The summed E-state index contributed by atoms with van der Waals surface area (Å²) in [5.74, 6) is -0.0721. The number of hydrogen-bond acceptors (Lipinski definition) is 3. The first-order valence-electron chi connectivity index (χ1n) is 10.7. The molecule has 2 aliphatic rings. The Bertz CT molecular complexity index is 797. The van der Waals surface area contributed by atoms with Crippen molar-refractivity contribution < 1.29 is 14.7 Å². The number of aryl methyl sites for hydroxylation is 1. The highest BCUT2D eigenvalue weighted by molar-refractivity contribution is 6.01. The lowest BCUT2D eigenvalue weighted by atomic mass is 9.49. The van der Waals surface area contributed by atoms with Crippen LogP contribution in [0.2, 0.25) is 0 Å². The summed E-state index contributed by atoms with van der Waals surface area (Å²) in [7, 11) is 1.60. The SMILES string of the molecule is CCC(=NOC)c1cc2c(cc1C(C)C)CC[C@H]1[C@](C)(C(=O)O)CCC[C@]21C. The molecule has 1 aromatic carbocycles. The summed E-state index contributed by atoms with van der Waals surface area (Å²) in [5, 5.41) is 14.3. The van der Waals surface area contributed by atoms with E-state index in [2.05, 4.69) is 45.0 Å². The maximum atomic E-state index is 12.2. The van der Waals surface area contributed by atoms with Crippen molar-refractivity contribution in [1.82, 2.24) is 0 Å². The zero-order chi connectivity index (χ0) is 20.7. The third kappa shape index (κ3) is 3.15. The van der Waals surface area contributed by atoms with E-state index in [0.717, 1.165) is 44.2 Å². The van der Waals surface area contributed by atoms with Crippen molar-refractivity contribution in [1.29, 1.82) is 0 Å². The van der Waals surface area contributed by atoms with Gasteiger partial charge in [0.2, 0.25) is 0 Å². The Morgan fingerprint density at radius 3 is 2.61 bits per heavy atom. The van der Waals surface area contributed by atoms with Gasteiger partial charge >= 0.3 is 5.97 Å². The van der Waals surface area contributed by atoms with E-state index >= 15 is 0 Å². The number of benzene rings is 1. The van der Waals surface area contributed by atoms with Crippen molar-refractivity contribution in [3.8, 4) is 0 Å². The molecule has 4 nitrogen and oxygen atoms in total. The minimum absolute atomic E-state index is 0.102. The van der Waals surface area contributed by atoms with Crippen LogP contribution in [-0.2, 0) is 21.5 Å². The van der Waals surface area contributed by atoms with Gasteiger partial charge < -0.3 is 9.94 Å². The van der Waals surface area contributed by atoms with Crippen molar-refractivity contribution in [2.24, 2.45) is 16.5 Å². The summed E-state index contributed by atoms with van der Waals surface area (Å²) >= 11 is 0. The van der Waals surface area contributed by atoms with Gasteiger partial charge in [0.25, 0.3) is 0 Å². The number of carbonyl (C=O) groups is 1. The van der Waals surface area contributed by atoms with Crippen LogP contribution in [0.4, 0.5) is 0 Å². The van der Waals surface area contributed by atoms with Crippen molar-refractivity contribution in [3.63, 3.8) is 0 Å². The van der Waals surface area contributed by atoms with Gasteiger partial charge in [-0.3, -0.25) is 4.79 Å². The van der Waals surface area contributed by atoms with E-state index in [9.17, 15) is 9.90 Å². The minimum atomic E-state index is -0.643. The molecule has 28 heavy (non-hydrogen) atoms. The highest BCUT2D eigenvalue weighted by atomic mass is 16.6. The van der Waals surface area contributed by atoms with Crippen LogP contribution in [0.3, 0.4) is 0 Å². The van der Waals surface area contributed by atoms with E-state index in [4.69, 9.17) is 4.84 Å². The van der Waals surface area contributed by atoms with Crippen LogP contribution in [-0.4, -0.2) is 23.9 Å². The number of nitrogens with zero attached hydrogens (tertiary/aromatic N) is 1. The molecule has 0 saturated heterocycles. The van der Waals surface area contributed by atoms with Gasteiger partial charge in [-0.1, -0.05) is 45.3 Å². The van der Waals surface area contributed by atoms with Gasteiger partial charge in [-0.15, -0.1) is 0 Å². The molecule has 0 radical (unpaired) electrons. The Morgan fingerprint density at radius 2 is 2.04 bits per heavy atom. The van der Waals surface area contributed by atoms with Crippen LogP contribution in [0.15, 0.2) is 17.3 Å². The fraction of sp³-hybridized carbons (Fsp3) is 0.667. The monoisotopic (exact) mass is 385 g/mol. The van der Waals surface area contributed by atoms with Crippen LogP contribution in [0.1, 0.15) is 94.9 Å². The summed E-state index contributed by atoms with van der Waals surface area (Å²) in [4.78, 5) is 17.3. The lowest BCUT2D eigenvalue weighted by Crippen LogP contribution is -2.52. The Balaban J connectivity index is 2.21. The molecule has 0 spiro atoms. The summed E-state index contributed by atoms with van der Waals surface area (Å²) < 4.78 is 0. The van der Waals surface area contributed by atoms with E-state index in [1.54, 1.807) is 7.11 Å². The lowest BCUT2D eigenvalue weighted by molar-refractivity contribution is -0.157. The number of carboxylic acids is 1. The molecule has 0 amide bonds. The molecule has 0 bridgehead atoms. The first-order chi connectivity index (χ1) is 13.2. The van der Waals surface area contributed by atoms with Gasteiger partial charge in [0.05, 0.1) is 11.1 Å². The number of fused-ring (bicyclic) bond motifs is 3. The maximum absolute atomic E-state index is 12.2. The van der Waals surface area contributed by atoms with Crippen molar-refractivity contribution >= 4 is 11.7 Å². The first kappa shape index (κ1) is 20.9. The molecule has 1 fully saturated rings. The Labute approximate surface area is 169 Å². The molecule has 2 aliphatic carbocycles. The number of hydrogen-bond donors (Lipinski definition) is 1. The van der Waals surface area contributed by atoms with Gasteiger partial charge in [-0.05, 0) is 79.0 Å². The molecule has 3 atom stereocenters. The number of aliphatic carboxylic acids is 1. The number of oxime groups is 1. The molecule has 4 heteroatoms. The summed E-state index contributed by atoms with van der Waals surface area (Å²) in [6, 6.07) is 4.69. The van der Waals surface area contributed by atoms with E-state index in [1.165, 1.54) is 22.3 Å². The molecule has 0 heterocycles. The van der Waals surface area contributed by atoms with E-state index < -0.39 is 11.4 Å². The summed E-state index contributed by atoms with van der Waals surface area (Å²) in [5.41, 5.74) is 5.45. The van der Waals surface area contributed by atoms with E-state index in [0.29, 0.717) is 5.92 Å². The van der Waals surface area contributed by atoms with Crippen molar-refractivity contribution in [2.75, 3.05) is 7.11 Å². The molecule has 3 rings (SSSR count). The number of carboxylic acid groups (broad SMARTS) is 1. The quantitative estimate of drug-likeness (QED) is 0.525. The fourth-order valence-electron chi connectivity index (χ4n) is 5.93. The van der Waals surface area contributed by atoms with Crippen molar-refractivity contribution in [3.05, 3.63) is 34.4 Å². The minimum Gasteiger partial charge on any atom is -0.481 e. The zero-order valence-corrected chi connectivity index (χ0v) is 18.3. The second-order valence-electron chi connectivity index (χ2n) is 9.41. The average Bonchev–Trinajstić information content (AvgIpc) is 2.65. The molecule has 1 N–H and O–H groups in total. The predicted octanol–water partition coefficient (Wildman–Crippen LogP) is 5.67. The van der Waals surface area contributed by atoms with Gasteiger partial charge in [0, 0.05) is 5.56 Å². The molecule has 0 aromatic heterocycles. The summed E-state index contributed by atoms with van der Waals surface area (Å²) in [6.45, 7) is 10.8. The van der Waals surface area contributed by atoms with Gasteiger partial charge in [0.15, 0.2) is 0 Å². The molecule has 1 aromatic rings. The zero-order valence-electron chi connectivity index (χ0n) is 18.3. The topological polar surface area (TPSA) is 58.9 Å². The van der Waals surface area contributed by atoms with Crippen LogP contribution < -0.4 is 0 Å². The van der Waals surface area contributed by atoms with Crippen LogP contribution >= 0.6 is 0 Å². The Morgan fingerprint density at radius 1 is 1.32 bits per heavy atom. The molecular formula is C24H35NO3. The normalized spacial score (nSPS) is 30.0. The number of rotatable bonds is 5. The van der Waals surface area contributed by atoms with Crippen molar-refractivity contribution in [2.45, 2.75) is 84.5 Å². The molecule has 154 valence electrons. The largest absolute Gasteiger partial charge is 0.481 e. The van der Waals surface area contributed by atoms with Gasteiger partial charge in [0.1, 0.15) is 7.11 Å². The molecule has 1 saturated carbocycles. The first-order valence-corrected chi connectivity index (χ1v) is 10.7. The second-order valence-corrected chi connectivity index (χ2v) is 9.41. The second kappa shape index (κ2) is 7.53. The molecule has 0 unspecified atom stereocenters. The highest BCUT2D eigenvalue weighted by Crippen LogP contribution is 2.57. The van der Waals surface area contributed by atoms with Gasteiger partial charge in [-0.2, -0.15) is 0 Å². The fourth-order valence-corrected chi connectivity index (χ4v) is 5.93. The van der Waals surface area contributed by atoms with Gasteiger partial charge in [-0.25, -0.2) is 0 Å². The van der Waals surface area contributed by atoms with E-state index in [1.807, 2.05) is 6.92 Å². The average molecular weight is 386 g/mol. The third-order valence-electron chi connectivity index (χ3n) is 7.48. The standard InChI is InChI=1S/C24H35NO3/c1-7-20(25-28-6)18-14-19-16(13-17(18)15(2)3)9-10-21-23(19,4)11-8-12-24(21,5)22(26)27/h13-15,21H,7-12H2,1-6H3,(H,26,27)/t21-,23-,24-/m1/s1. The third-order valence-corrected chi connectivity index (χ3v) is 7.48. The summed E-state index contributed by atoms with van der Waals surface area (Å²) in [6.07, 6.45) is 5.51.